The van der Waals surface area contributed by atoms with Gasteiger partial charge in [0.2, 0.25) is 0 Å². The quantitative estimate of drug-likeness (QED) is 0.0171. The van der Waals surface area contributed by atoms with Crippen molar-refractivity contribution in [2.45, 2.75) is 313 Å². The van der Waals surface area contributed by atoms with Crippen LogP contribution in [0.4, 0.5) is 0 Å². The van der Waals surface area contributed by atoms with Gasteiger partial charge in [0.15, 0.2) is 18.7 Å². The maximum Gasteiger partial charge on any atom is 0.306 e. The van der Waals surface area contributed by atoms with Gasteiger partial charge in [0.25, 0.3) is 0 Å². The van der Waals surface area contributed by atoms with Crippen molar-refractivity contribution in [2.75, 3.05) is 26.4 Å². The number of carbonyl (C=O) groups excluding carboxylic acids is 2. The Labute approximate surface area is 435 Å². The standard InChI is InChI=1S/C57H106O15/c1-3-5-7-9-11-13-15-17-18-19-20-21-22-23-24-25-26-28-29-31-33-35-37-39-48(59)67-42-45(70-49(60)40-38-36-34-32-30-27-16-14-12-10-8-6-4-2)43-68-56-55(66)53(64)51(62)47(72-56)44-69-57-54(65)52(63)50(61)46(41-58)71-57/h14,16,45-47,50-58,61-66H,3-13,15,17-44H2,1-2H3/b16-14+/t45-,46+,47+,50-,51-,52?,53?,54?,55?,56+,57+/m0/s1. The van der Waals surface area contributed by atoms with Gasteiger partial charge in [0, 0.05) is 12.8 Å². The Morgan fingerprint density at radius 2 is 0.792 bits per heavy atom. The van der Waals surface area contributed by atoms with Gasteiger partial charge in [-0.25, -0.2) is 0 Å². The van der Waals surface area contributed by atoms with E-state index in [2.05, 4.69) is 26.0 Å². The maximum atomic E-state index is 13.0. The highest BCUT2D eigenvalue weighted by Crippen LogP contribution is 2.27. The average molecular weight is 1030 g/mol. The molecule has 2 saturated heterocycles. The molecule has 0 aliphatic carbocycles. The molecule has 7 N–H and O–H groups in total. The Morgan fingerprint density at radius 1 is 0.431 bits per heavy atom. The minimum Gasteiger partial charge on any atom is -0.462 e. The number of hydrogen-bond acceptors (Lipinski definition) is 15. The molecule has 15 heteroatoms. The van der Waals surface area contributed by atoms with Crippen molar-refractivity contribution < 1.29 is 73.8 Å². The molecule has 0 aromatic heterocycles. The number of allylic oxidation sites excluding steroid dienone is 2. The molecule has 72 heavy (non-hydrogen) atoms. The lowest BCUT2D eigenvalue weighted by Gasteiger charge is -2.42. The van der Waals surface area contributed by atoms with Crippen molar-refractivity contribution >= 4 is 11.9 Å². The van der Waals surface area contributed by atoms with E-state index in [-0.39, 0.29) is 26.1 Å². The lowest BCUT2D eigenvalue weighted by Crippen LogP contribution is -2.61. The summed E-state index contributed by atoms with van der Waals surface area (Å²) >= 11 is 0. The van der Waals surface area contributed by atoms with E-state index in [4.69, 9.17) is 28.4 Å². The summed E-state index contributed by atoms with van der Waals surface area (Å²) in [4.78, 5) is 25.8. The van der Waals surface area contributed by atoms with E-state index < -0.39 is 92.7 Å². The van der Waals surface area contributed by atoms with Crippen LogP contribution >= 0.6 is 0 Å². The fourth-order valence-corrected chi connectivity index (χ4v) is 9.45. The highest BCUT2D eigenvalue weighted by molar-refractivity contribution is 5.70. The number of carbonyl (C=O) groups is 2. The molecule has 0 saturated carbocycles. The van der Waals surface area contributed by atoms with Gasteiger partial charge < -0.3 is 64.2 Å². The molecule has 2 aliphatic heterocycles. The summed E-state index contributed by atoms with van der Waals surface area (Å²) in [6.07, 6.45) is 29.6. The highest BCUT2D eigenvalue weighted by atomic mass is 16.7. The summed E-state index contributed by atoms with van der Waals surface area (Å²) in [5.41, 5.74) is 0. The molecule has 2 rings (SSSR count). The van der Waals surface area contributed by atoms with Gasteiger partial charge in [-0.1, -0.05) is 206 Å². The van der Waals surface area contributed by atoms with E-state index in [1.54, 1.807) is 0 Å². The molecule has 0 aromatic carbocycles. The first-order valence-corrected chi connectivity index (χ1v) is 29.3. The SMILES string of the molecule is CCCCCC/C=C/CCCCCCCC(=O)O[C@@H](COC(=O)CCCCCCCCCCCCCCCCCCCCCCCCC)CO[C@@H]1O[C@H](CO[C@@H]2O[C@H](CO)[C@H](O)C(O)C2O)[C@H](O)C(O)C1O. The molecule has 424 valence electrons. The predicted molar refractivity (Wildman–Crippen MR) is 280 cm³/mol. The maximum absolute atomic E-state index is 13.0. The highest BCUT2D eigenvalue weighted by Gasteiger charge is 2.47. The summed E-state index contributed by atoms with van der Waals surface area (Å²) in [6, 6.07) is 0. The zero-order valence-corrected chi connectivity index (χ0v) is 45.2. The van der Waals surface area contributed by atoms with Crippen molar-refractivity contribution in [3.8, 4) is 0 Å². The molecule has 2 aliphatic rings. The number of hydrogen-bond donors (Lipinski definition) is 7. The fraction of sp³-hybridized carbons (Fsp3) is 0.930. The van der Waals surface area contributed by atoms with Crippen LogP contribution in [0.2, 0.25) is 0 Å². The van der Waals surface area contributed by atoms with Gasteiger partial charge in [-0.15, -0.1) is 0 Å². The Hall–Kier alpha value is -1.76. The molecule has 2 fully saturated rings. The smallest absolute Gasteiger partial charge is 0.306 e. The molecule has 11 atom stereocenters. The number of rotatable bonds is 47. The monoisotopic (exact) mass is 1030 g/mol. The van der Waals surface area contributed by atoms with Crippen molar-refractivity contribution in [3.63, 3.8) is 0 Å². The molecule has 4 unspecified atom stereocenters. The third-order valence-corrected chi connectivity index (χ3v) is 14.2. The molecule has 0 bridgehead atoms. The van der Waals surface area contributed by atoms with Crippen molar-refractivity contribution in [1.29, 1.82) is 0 Å². The second kappa shape index (κ2) is 44.4. The Bertz CT molecular complexity index is 1300. The molecule has 0 radical (unpaired) electrons. The molecular formula is C57H106O15. The van der Waals surface area contributed by atoms with Gasteiger partial charge in [-0.05, 0) is 38.5 Å². The topological polar surface area (TPSA) is 231 Å². The summed E-state index contributed by atoms with van der Waals surface area (Å²) < 4.78 is 33.7. The number of esters is 2. The largest absolute Gasteiger partial charge is 0.462 e. The van der Waals surface area contributed by atoms with Crippen LogP contribution in [0.5, 0.6) is 0 Å². The van der Waals surface area contributed by atoms with Gasteiger partial charge in [0.05, 0.1) is 19.8 Å². The van der Waals surface area contributed by atoms with Crippen LogP contribution in [-0.2, 0) is 38.0 Å². The first kappa shape index (κ1) is 66.4. The Morgan fingerprint density at radius 3 is 1.24 bits per heavy atom. The Balaban J connectivity index is 1.71. The van der Waals surface area contributed by atoms with E-state index >= 15 is 0 Å². The fourth-order valence-electron chi connectivity index (χ4n) is 9.45. The molecule has 0 spiro atoms. The Kier molecular flexibility index (Phi) is 40.9. The first-order valence-electron chi connectivity index (χ1n) is 29.3. The minimum absolute atomic E-state index is 0.159. The molecule has 2 heterocycles. The number of aliphatic hydroxyl groups is 7. The van der Waals surface area contributed by atoms with E-state index in [1.165, 1.54) is 148 Å². The number of ether oxygens (including phenoxy) is 6. The molecule has 0 aromatic rings. The molecule has 15 nitrogen and oxygen atoms in total. The minimum atomic E-state index is -1.76. The van der Waals surface area contributed by atoms with Crippen LogP contribution in [0.25, 0.3) is 0 Å². The van der Waals surface area contributed by atoms with Crippen LogP contribution in [0.1, 0.15) is 245 Å². The summed E-state index contributed by atoms with van der Waals surface area (Å²) in [5.74, 6) is -0.921. The van der Waals surface area contributed by atoms with E-state index in [0.29, 0.717) is 12.8 Å². The number of aliphatic hydroxyl groups excluding tert-OH is 7. The lowest BCUT2D eigenvalue weighted by atomic mass is 9.98. The van der Waals surface area contributed by atoms with Crippen LogP contribution in [0.3, 0.4) is 0 Å². The summed E-state index contributed by atoms with van der Waals surface area (Å²) in [7, 11) is 0. The molecule has 0 amide bonds. The zero-order valence-electron chi connectivity index (χ0n) is 45.2. The summed E-state index contributed by atoms with van der Waals surface area (Å²) in [5, 5.41) is 72.2. The van der Waals surface area contributed by atoms with Gasteiger partial charge in [-0.2, -0.15) is 0 Å². The third kappa shape index (κ3) is 31.3. The lowest BCUT2D eigenvalue weighted by molar-refractivity contribution is -0.332. The zero-order chi connectivity index (χ0) is 52.4. The summed E-state index contributed by atoms with van der Waals surface area (Å²) in [6.45, 7) is 2.61. The second-order valence-electron chi connectivity index (χ2n) is 20.8. The van der Waals surface area contributed by atoms with Crippen molar-refractivity contribution in [1.82, 2.24) is 0 Å². The molecular weight excluding hydrogens is 925 g/mol. The van der Waals surface area contributed by atoms with Crippen LogP contribution < -0.4 is 0 Å². The number of unbranched alkanes of at least 4 members (excludes halogenated alkanes) is 31. The van der Waals surface area contributed by atoms with E-state index in [0.717, 1.165) is 57.8 Å². The van der Waals surface area contributed by atoms with Gasteiger partial charge in [0.1, 0.15) is 55.4 Å². The van der Waals surface area contributed by atoms with Crippen LogP contribution in [-0.4, -0.2) is 142 Å². The van der Waals surface area contributed by atoms with Crippen LogP contribution in [0, 0.1) is 0 Å². The normalized spacial score (nSPS) is 25.0. The van der Waals surface area contributed by atoms with Crippen LogP contribution in [0.15, 0.2) is 12.2 Å². The average Bonchev–Trinajstić information content (AvgIpc) is 3.37. The van der Waals surface area contributed by atoms with Crippen molar-refractivity contribution in [3.05, 3.63) is 12.2 Å². The van der Waals surface area contributed by atoms with Gasteiger partial charge in [-0.3, -0.25) is 9.59 Å². The third-order valence-electron chi connectivity index (χ3n) is 14.2. The van der Waals surface area contributed by atoms with Gasteiger partial charge >= 0.3 is 11.9 Å². The predicted octanol–water partition coefficient (Wildman–Crippen LogP) is 9.72. The van der Waals surface area contributed by atoms with E-state index in [9.17, 15) is 45.3 Å². The first-order chi connectivity index (χ1) is 35.0. The van der Waals surface area contributed by atoms with E-state index in [1.807, 2.05) is 0 Å². The van der Waals surface area contributed by atoms with Crippen molar-refractivity contribution in [2.24, 2.45) is 0 Å². The second-order valence-corrected chi connectivity index (χ2v) is 20.8.